The molecule has 0 aromatic carbocycles. The van der Waals surface area contributed by atoms with Gasteiger partial charge >= 0.3 is 11.9 Å². The van der Waals surface area contributed by atoms with E-state index in [9.17, 15) is 14.4 Å². The Kier molecular flexibility index (Phi) is 7.55. The number of ketones is 1. The van der Waals surface area contributed by atoms with Gasteiger partial charge in [-0.2, -0.15) is 0 Å². The minimum Gasteiger partial charge on any atom is -0.480 e. The van der Waals surface area contributed by atoms with Gasteiger partial charge in [0.05, 0.1) is 0 Å². The van der Waals surface area contributed by atoms with Crippen molar-refractivity contribution in [1.82, 2.24) is 0 Å². The first-order chi connectivity index (χ1) is 6.20. The predicted molar refractivity (Wildman–Crippen MR) is 48.8 cm³/mol. The lowest BCUT2D eigenvalue weighted by Crippen LogP contribution is -2.25. The molecule has 0 heterocycles. The van der Waals surface area contributed by atoms with Gasteiger partial charge in [-0.25, -0.2) is 4.79 Å². The number of carboxylic acids is 2. The maximum Gasteiger partial charge on any atom is 0.372 e. The van der Waals surface area contributed by atoms with Gasteiger partial charge in [-0.05, 0) is 6.92 Å². The third-order valence-electron chi connectivity index (χ3n) is 1.12. The third-order valence-corrected chi connectivity index (χ3v) is 1.12. The Morgan fingerprint density at radius 1 is 1.07 bits per heavy atom. The molecule has 14 heavy (non-hydrogen) atoms. The molecule has 0 spiro atoms. The lowest BCUT2D eigenvalue weighted by Gasteiger charge is -1.93. The van der Waals surface area contributed by atoms with Crippen LogP contribution in [0.4, 0.5) is 0 Å². The molecule has 0 radical (unpaired) electrons. The molecule has 6 nitrogen and oxygen atoms in total. The van der Waals surface area contributed by atoms with Crippen molar-refractivity contribution in [3.8, 4) is 0 Å². The first kappa shape index (κ1) is 15.1. The van der Waals surface area contributed by atoms with Gasteiger partial charge in [-0.15, -0.1) is 0 Å². The molecule has 0 bridgehead atoms. The molecule has 0 aliphatic carbocycles. The fourth-order valence-electron chi connectivity index (χ4n) is 0.247. The van der Waals surface area contributed by atoms with Gasteiger partial charge in [0.2, 0.25) is 5.78 Å². The van der Waals surface area contributed by atoms with Gasteiger partial charge in [0.1, 0.15) is 6.04 Å². The Hall–Kier alpha value is -1.43. The topological polar surface area (TPSA) is 118 Å². The number of hydrogen-bond donors (Lipinski definition) is 3. The highest BCUT2D eigenvalue weighted by molar-refractivity contribution is 6.33. The zero-order valence-corrected chi connectivity index (χ0v) is 8.35. The van der Waals surface area contributed by atoms with Gasteiger partial charge in [-0.1, -0.05) is 13.8 Å². The highest BCUT2D eigenvalue weighted by atomic mass is 16.4. The van der Waals surface area contributed by atoms with Gasteiger partial charge in [0.15, 0.2) is 0 Å². The summed E-state index contributed by atoms with van der Waals surface area (Å²) >= 11 is 0. The standard InChI is InChI=1S/C5H8O3.C3H7NO2/c1-3(2)4(6)5(7)8;1-2(4)3(5)6/h3H,1-2H3,(H,7,8);2H,4H2,1H3,(H,5,6)/t;2-/m.0/s1. The van der Waals surface area contributed by atoms with E-state index >= 15 is 0 Å². The van der Waals surface area contributed by atoms with Gasteiger partial charge < -0.3 is 15.9 Å². The number of hydrogen-bond acceptors (Lipinski definition) is 4. The van der Waals surface area contributed by atoms with Gasteiger partial charge in [0, 0.05) is 5.92 Å². The van der Waals surface area contributed by atoms with Crippen molar-refractivity contribution in [2.45, 2.75) is 26.8 Å². The Bertz CT molecular complexity index is 222. The molecule has 0 aromatic heterocycles. The molecular weight excluding hydrogens is 190 g/mol. The molecule has 1 atom stereocenters. The van der Waals surface area contributed by atoms with E-state index in [1.807, 2.05) is 0 Å². The lowest BCUT2D eigenvalue weighted by atomic mass is 10.1. The molecule has 0 aliphatic heterocycles. The Morgan fingerprint density at radius 3 is 1.36 bits per heavy atom. The van der Waals surface area contributed by atoms with E-state index in [4.69, 9.17) is 15.9 Å². The van der Waals surface area contributed by atoms with Crippen LogP contribution in [0, 0.1) is 5.92 Å². The average Bonchev–Trinajstić information content (AvgIpc) is 2.03. The molecule has 0 fully saturated rings. The van der Waals surface area contributed by atoms with Crippen molar-refractivity contribution in [2.24, 2.45) is 11.7 Å². The highest BCUT2D eigenvalue weighted by Gasteiger charge is 2.14. The second-order valence-electron chi connectivity index (χ2n) is 2.95. The minimum absolute atomic E-state index is 0.396. The molecule has 6 heteroatoms. The number of rotatable bonds is 3. The maximum absolute atomic E-state index is 10.2. The summed E-state index contributed by atoms with van der Waals surface area (Å²) in [4.78, 5) is 29.6. The largest absolute Gasteiger partial charge is 0.480 e. The second kappa shape index (κ2) is 7.02. The number of Topliss-reactive ketones (excluding diaryl/α,β-unsaturated/α-hetero) is 1. The summed E-state index contributed by atoms with van der Waals surface area (Å²) in [6.45, 7) is 4.52. The fourth-order valence-corrected chi connectivity index (χ4v) is 0.247. The number of nitrogens with two attached hydrogens (primary N) is 1. The normalized spacial score (nSPS) is 11.2. The Labute approximate surface area is 81.7 Å². The van der Waals surface area contributed by atoms with E-state index in [0.717, 1.165) is 0 Å². The molecule has 4 N–H and O–H groups in total. The predicted octanol–water partition coefficient (Wildman–Crippen LogP) is -0.286. The van der Waals surface area contributed by atoms with Crippen LogP contribution >= 0.6 is 0 Å². The van der Waals surface area contributed by atoms with Gasteiger partial charge in [-0.3, -0.25) is 9.59 Å². The van der Waals surface area contributed by atoms with Crippen molar-refractivity contribution < 1.29 is 24.6 Å². The summed E-state index contributed by atoms with van der Waals surface area (Å²) in [6, 6.07) is -0.731. The SMILES string of the molecule is CC(C)C(=O)C(=O)O.C[C@H](N)C(=O)O. The highest BCUT2D eigenvalue weighted by Crippen LogP contribution is 1.92. The van der Waals surface area contributed by atoms with E-state index in [-0.39, 0.29) is 0 Å². The Morgan fingerprint density at radius 2 is 1.36 bits per heavy atom. The summed E-state index contributed by atoms with van der Waals surface area (Å²) in [5.41, 5.74) is 4.84. The first-order valence-electron chi connectivity index (χ1n) is 3.95. The lowest BCUT2D eigenvalue weighted by molar-refractivity contribution is -0.150. The fraction of sp³-hybridized carbons (Fsp3) is 0.625. The van der Waals surface area contributed by atoms with Crippen LogP contribution in [0.2, 0.25) is 0 Å². The van der Waals surface area contributed by atoms with Crippen LogP contribution in [0.25, 0.3) is 0 Å². The smallest absolute Gasteiger partial charge is 0.372 e. The summed E-state index contributed by atoms with van der Waals surface area (Å²) in [6.07, 6.45) is 0. The quantitative estimate of drug-likeness (QED) is 0.545. The van der Waals surface area contributed by atoms with E-state index in [2.05, 4.69) is 0 Å². The third kappa shape index (κ3) is 8.66. The van der Waals surface area contributed by atoms with E-state index in [1.165, 1.54) is 6.92 Å². The van der Waals surface area contributed by atoms with Gasteiger partial charge in [0.25, 0.3) is 0 Å². The molecule has 0 unspecified atom stereocenters. The van der Waals surface area contributed by atoms with Crippen molar-refractivity contribution in [2.75, 3.05) is 0 Å². The molecule has 0 saturated carbocycles. The molecule has 0 aromatic rings. The average molecular weight is 205 g/mol. The summed E-state index contributed by atoms with van der Waals surface area (Å²) in [5, 5.41) is 15.9. The van der Waals surface area contributed by atoms with Crippen LogP contribution < -0.4 is 5.73 Å². The molecule has 0 aliphatic rings. The second-order valence-corrected chi connectivity index (χ2v) is 2.95. The molecule has 0 saturated heterocycles. The molecule has 0 amide bonds. The van der Waals surface area contributed by atoms with E-state index < -0.39 is 29.7 Å². The minimum atomic E-state index is -1.35. The zero-order valence-electron chi connectivity index (χ0n) is 8.35. The molecular formula is C8H15NO5. The van der Waals surface area contributed by atoms with Crippen LogP contribution in [0.1, 0.15) is 20.8 Å². The number of carboxylic acid groups (broad SMARTS) is 2. The van der Waals surface area contributed by atoms with Crippen LogP contribution in [-0.4, -0.2) is 34.0 Å². The molecule has 82 valence electrons. The van der Waals surface area contributed by atoms with Crippen molar-refractivity contribution in [1.29, 1.82) is 0 Å². The monoisotopic (exact) mass is 205 g/mol. The zero-order chi connectivity index (χ0) is 11.9. The van der Waals surface area contributed by atoms with E-state index in [0.29, 0.717) is 0 Å². The van der Waals surface area contributed by atoms with Crippen molar-refractivity contribution in [3.63, 3.8) is 0 Å². The Balaban J connectivity index is 0. The number of aliphatic carboxylic acids is 2. The van der Waals surface area contributed by atoms with Crippen molar-refractivity contribution >= 4 is 17.7 Å². The van der Waals surface area contributed by atoms with Crippen LogP contribution in [-0.2, 0) is 14.4 Å². The van der Waals surface area contributed by atoms with Crippen molar-refractivity contribution in [3.05, 3.63) is 0 Å². The summed E-state index contributed by atoms with van der Waals surface area (Å²) < 4.78 is 0. The number of carbonyl (C=O) groups excluding carboxylic acids is 1. The summed E-state index contributed by atoms with van der Waals surface area (Å²) in [7, 11) is 0. The summed E-state index contributed by atoms with van der Waals surface area (Å²) in [5.74, 6) is -3.44. The number of carbonyl (C=O) groups is 3. The van der Waals surface area contributed by atoms with E-state index in [1.54, 1.807) is 13.8 Å². The maximum atomic E-state index is 10.2. The molecule has 0 rings (SSSR count). The first-order valence-corrected chi connectivity index (χ1v) is 3.95. The van der Waals surface area contributed by atoms with Crippen LogP contribution in [0.3, 0.4) is 0 Å². The van der Waals surface area contributed by atoms with Crippen LogP contribution in [0.5, 0.6) is 0 Å². The van der Waals surface area contributed by atoms with Crippen LogP contribution in [0.15, 0.2) is 0 Å².